The molecule has 0 saturated carbocycles. The van der Waals surface area contributed by atoms with Crippen LogP contribution in [0.2, 0.25) is 0 Å². The predicted octanol–water partition coefficient (Wildman–Crippen LogP) is 11.3. The average Bonchev–Trinajstić information content (AvgIpc) is 3.55. The summed E-state index contributed by atoms with van der Waals surface area (Å²) in [6.45, 7) is 0. The Morgan fingerprint density at radius 2 is 0.894 bits per heavy atom. The average molecular weight is 602 g/mol. The molecular weight excluding hydrogens is 574 g/mol. The van der Waals surface area contributed by atoms with E-state index in [2.05, 4.69) is 121 Å². The molecule has 6 aromatic carbocycles. The minimum absolute atomic E-state index is 0.667. The molecule has 0 aliphatic heterocycles. The van der Waals surface area contributed by atoms with Gasteiger partial charge in [0.1, 0.15) is 11.3 Å². The third kappa shape index (κ3) is 4.84. The maximum absolute atomic E-state index is 6.44. The second kappa shape index (κ2) is 11.2. The first kappa shape index (κ1) is 27.0. The van der Waals surface area contributed by atoms with Crippen molar-refractivity contribution in [3.05, 3.63) is 164 Å². The van der Waals surface area contributed by atoms with Crippen LogP contribution in [0, 0.1) is 0 Å². The normalized spacial score (nSPS) is 11.4. The molecule has 3 heterocycles. The monoisotopic (exact) mass is 601 g/mol. The molecule has 0 bridgehead atoms. The summed E-state index contributed by atoms with van der Waals surface area (Å²) in [5.41, 5.74) is 11.5. The Balaban J connectivity index is 1.15. The zero-order chi connectivity index (χ0) is 31.2. The number of benzene rings is 6. The zero-order valence-corrected chi connectivity index (χ0v) is 25.3. The van der Waals surface area contributed by atoms with Crippen LogP contribution in [0.1, 0.15) is 0 Å². The molecule has 0 atom stereocenters. The van der Waals surface area contributed by atoms with Gasteiger partial charge in [0.15, 0.2) is 11.4 Å². The first-order valence-electron chi connectivity index (χ1n) is 15.7. The molecule has 0 amide bonds. The number of furan rings is 1. The summed E-state index contributed by atoms with van der Waals surface area (Å²) in [7, 11) is 0. The number of aromatic nitrogens is 3. The smallest absolute Gasteiger partial charge is 0.162 e. The molecule has 0 saturated heterocycles. The van der Waals surface area contributed by atoms with E-state index < -0.39 is 0 Å². The second-order valence-electron chi connectivity index (χ2n) is 11.6. The predicted molar refractivity (Wildman–Crippen MR) is 192 cm³/mol. The molecule has 3 aromatic heterocycles. The van der Waals surface area contributed by atoms with Crippen molar-refractivity contribution in [3.8, 4) is 56.3 Å². The van der Waals surface area contributed by atoms with E-state index in [0.717, 1.165) is 72.2 Å². The molecule has 0 aliphatic rings. The van der Waals surface area contributed by atoms with Crippen molar-refractivity contribution in [2.45, 2.75) is 0 Å². The fraction of sp³-hybridized carbons (Fsp3) is 0. The zero-order valence-electron chi connectivity index (χ0n) is 25.3. The molecular formula is C43H27N3O. The maximum Gasteiger partial charge on any atom is 0.162 e. The number of nitrogens with zero attached hydrogens (tertiary/aromatic N) is 3. The molecule has 0 radical (unpaired) electrons. The third-order valence-corrected chi connectivity index (χ3v) is 8.72. The van der Waals surface area contributed by atoms with E-state index in [1.807, 2.05) is 42.5 Å². The lowest BCUT2D eigenvalue weighted by molar-refractivity contribution is 0.669. The van der Waals surface area contributed by atoms with Gasteiger partial charge in [-0.15, -0.1) is 0 Å². The lowest BCUT2D eigenvalue weighted by atomic mass is 10.0. The molecule has 0 unspecified atom stereocenters. The molecule has 0 N–H and O–H groups in total. The highest BCUT2D eigenvalue weighted by molar-refractivity contribution is 6.20. The van der Waals surface area contributed by atoms with Gasteiger partial charge in [-0.2, -0.15) is 0 Å². The van der Waals surface area contributed by atoms with Crippen LogP contribution < -0.4 is 0 Å². The number of rotatable bonds is 5. The Hall–Kier alpha value is -6.39. The number of para-hydroxylation sites is 2. The molecule has 0 aliphatic carbocycles. The van der Waals surface area contributed by atoms with Crippen LogP contribution >= 0.6 is 0 Å². The van der Waals surface area contributed by atoms with Crippen molar-refractivity contribution in [1.29, 1.82) is 0 Å². The van der Waals surface area contributed by atoms with Gasteiger partial charge in [-0.25, -0.2) is 15.0 Å². The van der Waals surface area contributed by atoms with Crippen LogP contribution in [0.25, 0.3) is 89.1 Å². The molecule has 47 heavy (non-hydrogen) atoms. The van der Waals surface area contributed by atoms with Gasteiger partial charge in [-0.05, 0) is 29.3 Å². The van der Waals surface area contributed by atoms with Crippen LogP contribution in [0.3, 0.4) is 0 Å². The quantitative estimate of drug-likeness (QED) is 0.197. The van der Waals surface area contributed by atoms with Crippen LogP contribution in [-0.2, 0) is 0 Å². The van der Waals surface area contributed by atoms with Crippen LogP contribution in [0.15, 0.2) is 168 Å². The summed E-state index contributed by atoms with van der Waals surface area (Å²) < 4.78 is 6.44. The van der Waals surface area contributed by atoms with Crippen LogP contribution in [0.5, 0.6) is 0 Å². The summed E-state index contributed by atoms with van der Waals surface area (Å²) in [5.74, 6) is 0.667. The standard InChI is InChI=1S/C43H27N3O/c1-3-11-28(12-4-1)29-19-21-31(22-20-29)38-27-37(30-13-5-2-6-14-30)45-43(46-38)33-25-23-32(24-26-33)41-42-40(34-15-7-9-17-36(34)44-41)35-16-8-10-18-39(35)47-42/h1-27H. The first-order chi connectivity index (χ1) is 23.3. The van der Waals surface area contributed by atoms with E-state index in [9.17, 15) is 0 Å². The Labute approximate surface area is 271 Å². The van der Waals surface area contributed by atoms with Gasteiger partial charge < -0.3 is 4.42 Å². The molecule has 9 rings (SSSR count). The minimum atomic E-state index is 0.667. The van der Waals surface area contributed by atoms with Crippen molar-refractivity contribution in [2.75, 3.05) is 0 Å². The molecule has 0 spiro atoms. The second-order valence-corrected chi connectivity index (χ2v) is 11.6. The topological polar surface area (TPSA) is 51.8 Å². The fourth-order valence-corrected chi connectivity index (χ4v) is 6.35. The van der Waals surface area contributed by atoms with Gasteiger partial charge in [-0.1, -0.05) is 146 Å². The van der Waals surface area contributed by atoms with Gasteiger partial charge in [0.05, 0.1) is 16.9 Å². The molecule has 220 valence electrons. The Bertz CT molecular complexity index is 2540. The first-order valence-corrected chi connectivity index (χ1v) is 15.7. The van der Waals surface area contributed by atoms with E-state index in [1.54, 1.807) is 0 Å². The summed E-state index contributed by atoms with van der Waals surface area (Å²) in [4.78, 5) is 15.2. The lowest BCUT2D eigenvalue weighted by Crippen LogP contribution is -1.96. The van der Waals surface area contributed by atoms with Crippen molar-refractivity contribution in [2.24, 2.45) is 0 Å². The van der Waals surface area contributed by atoms with Gasteiger partial charge in [-0.3, -0.25) is 0 Å². The summed E-state index contributed by atoms with van der Waals surface area (Å²) in [6, 6.07) is 56.1. The Morgan fingerprint density at radius 3 is 1.62 bits per heavy atom. The van der Waals surface area contributed by atoms with Crippen molar-refractivity contribution in [1.82, 2.24) is 15.0 Å². The van der Waals surface area contributed by atoms with Crippen LogP contribution in [0.4, 0.5) is 0 Å². The van der Waals surface area contributed by atoms with E-state index in [-0.39, 0.29) is 0 Å². The Morgan fingerprint density at radius 1 is 0.383 bits per heavy atom. The number of fused-ring (bicyclic) bond motifs is 5. The number of pyridine rings is 1. The summed E-state index contributed by atoms with van der Waals surface area (Å²) >= 11 is 0. The van der Waals surface area contributed by atoms with Gasteiger partial charge in [0.2, 0.25) is 0 Å². The van der Waals surface area contributed by atoms with Crippen molar-refractivity contribution >= 4 is 32.8 Å². The largest absolute Gasteiger partial charge is 0.454 e. The maximum atomic E-state index is 6.44. The molecule has 0 fully saturated rings. The van der Waals surface area contributed by atoms with Gasteiger partial charge in [0, 0.05) is 38.4 Å². The Kier molecular flexibility index (Phi) is 6.43. The highest BCUT2D eigenvalue weighted by atomic mass is 16.3. The molecule has 9 aromatic rings. The SMILES string of the molecule is c1ccc(-c2ccc(-c3cc(-c4ccccc4)nc(-c4ccc(-c5nc6ccccc6c6c5oc5ccccc56)cc4)n3)cc2)cc1. The minimum Gasteiger partial charge on any atom is -0.454 e. The fourth-order valence-electron chi connectivity index (χ4n) is 6.35. The van der Waals surface area contributed by atoms with E-state index >= 15 is 0 Å². The van der Waals surface area contributed by atoms with Crippen LogP contribution in [-0.4, -0.2) is 15.0 Å². The molecule has 4 nitrogen and oxygen atoms in total. The summed E-state index contributed by atoms with van der Waals surface area (Å²) in [6.07, 6.45) is 0. The van der Waals surface area contributed by atoms with E-state index in [4.69, 9.17) is 19.4 Å². The lowest BCUT2D eigenvalue weighted by Gasteiger charge is -2.11. The number of hydrogen-bond acceptors (Lipinski definition) is 4. The third-order valence-electron chi connectivity index (χ3n) is 8.72. The number of hydrogen-bond donors (Lipinski definition) is 0. The van der Waals surface area contributed by atoms with Gasteiger partial charge in [0.25, 0.3) is 0 Å². The highest BCUT2D eigenvalue weighted by Gasteiger charge is 2.18. The van der Waals surface area contributed by atoms with Gasteiger partial charge >= 0.3 is 0 Å². The molecule has 4 heteroatoms. The van der Waals surface area contributed by atoms with E-state index in [1.165, 1.54) is 11.1 Å². The van der Waals surface area contributed by atoms with E-state index in [0.29, 0.717) is 5.82 Å². The van der Waals surface area contributed by atoms with Crippen molar-refractivity contribution in [3.63, 3.8) is 0 Å². The van der Waals surface area contributed by atoms with Crippen molar-refractivity contribution < 1.29 is 4.42 Å². The highest BCUT2D eigenvalue weighted by Crippen LogP contribution is 2.39. The summed E-state index contributed by atoms with van der Waals surface area (Å²) in [5, 5.41) is 3.27.